The highest BCUT2D eigenvalue weighted by Gasteiger charge is 2.05. The lowest BCUT2D eigenvalue weighted by atomic mass is 10.3. The summed E-state index contributed by atoms with van der Waals surface area (Å²) in [5, 5.41) is 6.53. The summed E-state index contributed by atoms with van der Waals surface area (Å²) in [6, 6.07) is 7.59. The third-order valence-corrected chi connectivity index (χ3v) is 3.00. The van der Waals surface area contributed by atoms with Crippen molar-refractivity contribution >= 4 is 5.96 Å². The van der Waals surface area contributed by atoms with Crippen LogP contribution in [0.4, 0.5) is 0 Å². The number of guanidine groups is 1. The molecule has 0 spiro atoms. The molecule has 0 saturated heterocycles. The van der Waals surface area contributed by atoms with E-state index in [1.54, 1.807) is 14.2 Å². The fraction of sp³-hybridized carbons (Fsp3) is 0.562. The molecular weight excluding hydrogens is 266 g/mol. The van der Waals surface area contributed by atoms with Crippen LogP contribution < -0.4 is 20.1 Å². The number of nitrogens with zero attached hydrogens (tertiary/aromatic N) is 1. The van der Waals surface area contributed by atoms with E-state index in [1.807, 2.05) is 31.2 Å². The largest absolute Gasteiger partial charge is 0.497 e. The molecule has 0 radical (unpaired) electrons. The quantitative estimate of drug-likeness (QED) is 0.439. The van der Waals surface area contributed by atoms with E-state index in [9.17, 15) is 0 Å². The molecule has 1 rings (SSSR count). The van der Waals surface area contributed by atoms with E-state index in [0.29, 0.717) is 6.54 Å². The molecule has 118 valence electrons. The third-order valence-electron chi connectivity index (χ3n) is 3.00. The molecule has 0 amide bonds. The second-order valence-corrected chi connectivity index (χ2v) is 4.84. The van der Waals surface area contributed by atoms with Crippen molar-refractivity contribution < 1.29 is 9.47 Å². The molecule has 0 aliphatic carbocycles. The number of ether oxygens (including phenoxy) is 2. The number of unbranched alkanes of at least 4 members (excludes halogenated alkanes) is 1. The summed E-state index contributed by atoms with van der Waals surface area (Å²) in [6.07, 6.45) is 2.35. The van der Waals surface area contributed by atoms with Gasteiger partial charge in [0.05, 0.1) is 13.7 Å². The number of hydrogen-bond donors (Lipinski definition) is 2. The zero-order chi connectivity index (χ0) is 15.5. The van der Waals surface area contributed by atoms with Crippen LogP contribution in [0.25, 0.3) is 0 Å². The van der Waals surface area contributed by atoms with Crippen LogP contribution in [0.3, 0.4) is 0 Å². The number of methoxy groups -OCH3 is 1. The van der Waals surface area contributed by atoms with Gasteiger partial charge in [-0.25, -0.2) is 0 Å². The van der Waals surface area contributed by atoms with Crippen LogP contribution in [0, 0.1) is 0 Å². The molecule has 2 N–H and O–H groups in total. The molecule has 0 fully saturated rings. The van der Waals surface area contributed by atoms with Crippen molar-refractivity contribution in [1.29, 1.82) is 0 Å². The lowest BCUT2D eigenvalue weighted by molar-refractivity contribution is 0.223. The topological polar surface area (TPSA) is 54.9 Å². The number of nitrogens with one attached hydrogen (secondary N) is 2. The Bertz CT molecular complexity index is 418. The van der Waals surface area contributed by atoms with Gasteiger partial charge in [0.25, 0.3) is 0 Å². The van der Waals surface area contributed by atoms with Crippen molar-refractivity contribution in [2.45, 2.75) is 32.8 Å². The molecule has 1 aromatic rings. The third kappa shape index (κ3) is 6.88. The number of hydrogen-bond acceptors (Lipinski definition) is 3. The molecule has 0 heterocycles. The SMILES string of the molecule is CCCCNC(=NC)NCC(C)Oc1ccc(OC)cc1. The summed E-state index contributed by atoms with van der Waals surface area (Å²) in [7, 11) is 3.43. The first-order valence-electron chi connectivity index (χ1n) is 7.44. The van der Waals surface area contributed by atoms with E-state index in [1.165, 1.54) is 6.42 Å². The van der Waals surface area contributed by atoms with Gasteiger partial charge in [-0.15, -0.1) is 0 Å². The van der Waals surface area contributed by atoms with Gasteiger partial charge < -0.3 is 20.1 Å². The molecule has 0 aliphatic heterocycles. The zero-order valence-corrected chi connectivity index (χ0v) is 13.5. The maximum atomic E-state index is 5.83. The molecule has 1 aromatic carbocycles. The normalized spacial score (nSPS) is 12.7. The average Bonchev–Trinajstić information content (AvgIpc) is 2.51. The van der Waals surface area contributed by atoms with E-state index in [0.717, 1.165) is 30.4 Å². The number of rotatable bonds is 8. The molecule has 1 atom stereocenters. The van der Waals surface area contributed by atoms with Crippen LogP contribution >= 0.6 is 0 Å². The fourth-order valence-electron chi connectivity index (χ4n) is 1.77. The molecule has 0 bridgehead atoms. The predicted molar refractivity (Wildman–Crippen MR) is 87.4 cm³/mol. The second kappa shape index (κ2) is 9.91. The summed E-state index contributed by atoms with van der Waals surface area (Å²) in [6.45, 7) is 5.82. The van der Waals surface area contributed by atoms with Gasteiger partial charge in [-0.05, 0) is 37.6 Å². The average molecular weight is 293 g/mol. The lowest BCUT2D eigenvalue weighted by Gasteiger charge is -2.17. The smallest absolute Gasteiger partial charge is 0.191 e. The van der Waals surface area contributed by atoms with Gasteiger partial charge in [0.15, 0.2) is 5.96 Å². The lowest BCUT2D eigenvalue weighted by Crippen LogP contribution is -2.42. The van der Waals surface area contributed by atoms with Crippen molar-refractivity contribution in [3.8, 4) is 11.5 Å². The van der Waals surface area contributed by atoms with Crippen LogP contribution in [0.5, 0.6) is 11.5 Å². The monoisotopic (exact) mass is 293 g/mol. The summed E-state index contributed by atoms with van der Waals surface area (Å²) in [4.78, 5) is 4.18. The number of benzene rings is 1. The van der Waals surface area contributed by atoms with Gasteiger partial charge in [-0.3, -0.25) is 4.99 Å². The molecule has 0 saturated carbocycles. The molecule has 0 aliphatic rings. The van der Waals surface area contributed by atoms with Gasteiger partial charge >= 0.3 is 0 Å². The minimum Gasteiger partial charge on any atom is -0.497 e. The molecule has 5 nitrogen and oxygen atoms in total. The maximum absolute atomic E-state index is 5.83. The van der Waals surface area contributed by atoms with Gasteiger partial charge in [0.1, 0.15) is 17.6 Å². The highest BCUT2D eigenvalue weighted by atomic mass is 16.5. The van der Waals surface area contributed by atoms with Crippen LogP contribution in [0.2, 0.25) is 0 Å². The zero-order valence-electron chi connectivity index (χ0n) is 13.5. The fourth-order valence-corrected chi connectivity index (χ4v) is 1.77. The first kappa shape index (κ1) is 17.1. The van der Waals surface area contributed by atoms with E-state index in [2.05, 4.69) is 22.5 Å². The molecule has 21 heavy (non-hydrogen) atoms. The van der Waals surface area contributed by atoms with Crippen LogP contribution in [0.1, 0.15) is 26.7 Å². The van der Waals surface area contributed by atoms with Crippen molar-refractivity contribution in [3.05, 3.63) is 24.3 Å². The Hall–Kier alpha value is -1.91. The summed E-state index contributed by atoms with van der Waals surface area (Å²) < 4.78 is 11.0. The number of aliphatic imine (C=N–C) groups is 1. The molecule has 5 heteroatoms. The Kier molecular flexibility index (Phi) is 8.09. The molecule has 0 aromatic heterocycles. The van der Waals surface area contributed by atoms with Crippen molar-refractivity contribution in [1.82, 2.24) is 10.6 Å². The van der Waals surface area contributed by atoms with E-state index < -0.39 is 0 Å². The predicted octanol–water partition coefficient (Wildman–Crippen LogP) is 2.43. The Balaban J connectivity index is 2.33. The first-order chi connectivity index (χ1) is 10.2. The summed E-state index contributed by atoms with van der Waals surface area (Å²) in [5.74, 6) is 2.47. The van der Waals surface area contributed by atoms with E-state index >= 15 is 0 Å². The Morgan fingerprint density at radius 2 is 1.86 bits per heavy atom. The van der Waals surface area contributed by atoms with E-state index in [4.69, 9.17) is 9.47 Å². The van der Waals surface area contributed by atoms with Crippen molar-refractivity contribution in [2.75, 3.05) is 27.2 Å². The highest BCUT2D eigenvalue weighted by Crippen LogP contribution is 2.17. The van der Waals surface area contributed by atoms with Gasteiger partial charge in [0, 0.05) is 13.6 Å². The Morgan fingerprint density at radius 1 is 1.19 bits per heavy atom. The highest BCUT2D eigenvalue weighted by molar-refractivity contribution is 5.79. The van der Waals surface area contributed by atoms with Crippen molar-refractivity contribution in [3.63, 3.8) is 0 Å². The molecule has 1 unspecified atom stereocenters. The Morgan fingerprint density at radius 3 is 2.43 bits per heavy atom. The maximum Gasteiger partial charge on any atom is 0.191 e. The summed E-state index contributed by atoms with van der Waals surface area (Å²) in [5.41, 5.74) is 0. The van der Waals surface area contributed by atoms with Crippen LogP contribution in [-0.4, -0.2) is 39.3 Å². The first-order valence-corrected chi connectivity index (χ1v) is 7.44. The van der Waals surface area contributed by atoms with Crippen molar-refractivity contribution in [2.24, 2.45) is 4.99 Å². The van der Waals surface area contributed by atoms with Crippen LogP contribution in [-0.2, 0) is 0 Å². The Labute approximate surface area is 127 Å². The minimum atomic E-state index is 0.0446. The van der Waals surface area contributed by atoms with Gasteiger partial charge in [0.2, 0.25) is 0 Å². The van der Waals surface area contributed by atoms with Gasteiger partial charge in [-0.1, -0.05) is 13.3 Å². The minimum absolute atomic E-state index is 0.0446. The van der Waals surface area contributed by atoms with Gasteiger partial charge in [-0.2, -0.15) is 0 Å². The summed E-state index contributed by atoms with van der Waals surface area (Å²) >= 11 is 0. The van der Waals surface area contributed by atoms with E-state index in [-0.39, 0.29) is 6.10 Å². The second-order valence-electron chi connectivity index (χ2n) is 4.84. The molecular formula is C16H27N3O2. The van der Waals surface area contributed by atoms with Crippen LogP contribution in [0.15, 0.2) is 29.3 Å². The standard InChI is InChI=1S/C16H27N3O2/c1-5-6-11-18-16(17-3)19-12-13(2)21-15-9-7-14(20-4)8-10-15/h7-10,13H,5-6,11-12H2,1-4H3,(H2,17,18,19).